The summed E-state index contributed by atoms with van der Waals surface area (Å²) in [6.07, 6.45) is 0. The Morgan fingerprint density at radius 1 is 0.472 bits per heavy atom. The Balaban J connectivity index is 1.14. The summed E-state index contributed by atoms with van der Waals surface area (Å²) in [4.78, 5) is 15.6. The molecule has 0 saturated heterocycles. The minimum atomic E-state index is -0.130. The fourth-order valence-corrected chi connectivity index (χ4v) is 9.80. The normalized spacial score (nSPS) is 13.2. The molecule has 0 spiro atoms. The highest BCUT2D eigenvalue weighted by Crippen LogP contribution is 2.50. The molecule has 0 bridgehead atoms. The first-order valence-corrected chi connectivity index (χ1v) is 18.9. The highest BCUT2D eigenvalue weighted by atomic mass is 32.1. The predicted octanol–water partition coefficient (Wildman–Crippen LogP) is 12.6. The monoisotopic (exact) mass is 696 g/mol. The van der Waals surface area contributed by atoms with Crippen molar-refractivity contribution in [1.29, 1.82) is 0 Å². The summed E-state index contributed by atoms with van der Waals surface area (Å²) in [5.74, 6) is 2.01. The second kappa shape index (κ2) is 11.3. The standard InChI is InChI=1S/C48H32N4S/c1-48(2)37-21-9-6-16-31(37)32-27-26-30(28-38(32)48)46-49-45(29-14-4-3-5-15-29)50-47(51-46)36-20-13-25-42-43(36)35-19-12-24-41(44(35)53-42)52-39-22-10-7-17-33(39)34-18-8-11-23-40(34)52/h3-28H,1-2H3. The molecule has 0 unspecified atom stereocenters. The molecule has 11 rings (SSSR count). The molecular formula is C48H32N4S. The van der Waals surface area contributed by atoms with Gasteiger partial charge in [0, 0.05) is 48.4 Å². The van der Waals surface area contributed by atoms with Crippen LogP contribution in [0.4, 0.5) is 0 Å². The number of benzene rings is 7. The number of para-hydroxylation sites is 2. The highest BCUT2D eigenvalue weighted by molar-refractivity contribution is 7.26. The molecule has 3 heterocycles. The van der Waals surface area contributed by atoms with Gasteiger partial charge in [-0.2, -0.15) is 0 Å². The van der Waals surface area contributed by atoms with Gasteiger partial charge in [0.05, 0.1) is 21.4 Å². The molecule has 53 heavy (non-hydrogen) atoms. The molecule has 1 aliphatic rings. The Labute approximate surface area is 310 Å². The van der Waals surface area contributed by atoms with Crippen LogP contribution in [0.15, 0.2) is 158 Å². The number of fused-ring (bicyclic) bond motifs is 9. The van der Waals surface area contributed by atoms with Crippen molar-refractivity contribution in [2.24, 2.45) is 0 Å². The van der Waals surface area contributed by atoms with Crippen LogP contribution in [0, 0.1) is 0 Å². The molecule has 250 valence electrons. The SMILES string of the molecule is CC1(C)c2ccccc2-c2ccc(-c3nc(-c4ccccc4)nc(-c4cccc5sc6c(-n7c8ccccc8c8ccccc87)cccc6c45)n3)cc21. The second-order valence-electron chi connectivity index (χ2n) is 14.4. The topological polar surface area (TPSA) is 43.6 Å². The molecular weight excluding hydrogens is 665 g/mol. The van der Waals surface area contributed by atoms with Gasteiger partial charge in [-0.3, -0.25) is 0 Å². The maximum absolute atomic E-state index is 5.29. The first-order chi connectivity index (χ1) is 26.0. The van der Waals surface area contributed by atoms with Crippen molar-refractivity contribution < 1.29 is 0 Å². The van der Waals surface area contributed by atoms with Gasteiger partial charge in [0.1, 0.15) is 0 Å². The summed E-state index contributed by atoms with van der Waals surface area (Å²) in [6, 6.07) is 56.3. The zero-order valence-corrected chi connectivity index (χ0v) is 30.0. The molecule has 0 amide bonds. The lowest BCUT2D eigenvalue weighted by atomic mass is 9.82. The Hall–Kier alpha value is -6.43. The molecule has 4 nitrogen and oxygen atoms in total. The van der Waals surface area contributed by atoms with E-state index < -0.39 is 0 Å². The van der Waals surface area contributed by atoms with Crippen molar-refractivity contribution in [3.05, 3.63) is 169 Å². The van der Waals surface area contributed by atoms with Crippen LogP contribution >= 0.6 is 11.3 Å². The molecule has 0 radical (unpaired) electrons. The van der Waals surface area contributed by atoms with Gasteiger partial charge in [0.25, 0.3) is 0 Å². The van der Waals surface area contributed by atoms with Gasteiger partial charge in [0.2, 0.25) is 0 Å². The Morgan fingerprint density at radius 2 is 1.08 bits per heavy atom. The second-order valence-corrected chi connectivity index (χ2v) is 15.5. The quantitative estimate of drug-likeness (QED) is 0.184. The van der Waals surface area contributed by atoms with Gasteiger partial charge in [0.15, 0.2) is 17.5 Å². The number of aromatic nitrogens is 4. The van der Waals surface area contributed by atoms with Crippen molar-refractivity contribution in [3.63, 3.8) is 0 Å². The van der Waals surface area contributed by atoms with Crippen LogP contribution in [0.1, 0.15) is 25.0 Å². The first kappa shape index (κ1) is 30.2. The Morgan fingerprint density at radius 3 is 1.87 bits per heavy atom. The van der Waals surface area contributed by atoms with Crippen molar-refractivity contribution in [2.45, 2.75) is 19.3 Å². The predicted molar refractivity (Wildman–Crippen MR) is 221 cm³/mol. The van der Waals surface area contributed by atoms with E-state index in [1.165, 1.54) is 64.5 Å². The van der Waals surface area contributed by atoms with Crippen LogP contribution < -0.4 is 0 Å². The lowest BCUT2D eigenvalue weighted by molar-refractivity contribution is 0.660. The van der Waals surface area contributed by atoms with Gasteiger partial charge in [-0.15, -0.1) is 11.3 Å². The summed E-state index contributed by atoms with van der Waals surface area (Å²) >= 11 is 1.83. The number of hydrogen-bond donors (Lipinski definition) is 0. The third-order valence-electron chi connectivity index (χ3n) is 11.1. The Bertz CT molecular complexity index is 3040. The van der Waals surface area contributed by atoms with Crippen LogP contribution in [-0.2, 0) is 5.41 Å². The summed E-state index contributed by atoms with van der Waals surface area (Å²) in [5, 5.41) is 4.87. The van der Waals surface area contributed by atoms with Crippen molar-refractivity contribution in [3.8, 4) is 51.0 Å². The molecule has 0 fully saturated rings. The summed E-state index contributed by atoms with van der Waals surface area (Å²) in [6.45, 7) is 4.62. The van der Waals surface area contributed by atoms with E-state index in [0.717, 1.165) is 22.1 Å². The molecule has 0 N–H and O–H groups in total. The molecule has 0 atom stereocenters. The van der Waals surface area contributed by atoms with E-state index in [4.69, 9.17) is 15.0 Å². The fraction of sp³-hybridized carbons (Fsp3) is 0.0625. The van der Waals surface area contributed by atoms with Gasteiger partial charge in [-0.1, -0.05) is 141 Å². The van der Waals surface area contributed by atoms with Crippen molar-refractivity contribution in [2.75, 3.05) is 0 Å². The smallest absolute Gasteiger partial charge is 0.164 e. The largest absolute Gasteiger partial charge is 0.308 e. The number of rotatable bonds is 4. The summed E-state index contributed by atoms with van der Waals surface area (Å²) in [7, 11) is 0. The molecule has 3 aromatic heterocycles. The van der Waals surface area contributed by atoms with Crippen LogP contribution in [-0.4, -0.2) is 19.5 Å². The summed E-state index contributed by atoms with van der Waals surface area (Å²) < 4.78 is 4.86. The minimum Gasteiger partial charge on any atom is -0.308 e. The number of hydrogen-bond acceptors (Lipinski definition) is 4. The van der Waals surface area contributed by atoms with E-state index in [9.17, 15) is 0 Å². The van der Waals surface area contributed by atoms with Crippen LogP contribution in [0.2, 0.25) is 0 Å². The van der Waals surface area contributed by atoms with Crippen molar-refractivity contribution in [1.82, 2.24) is 19.5 Å². The minimum absolute atomic E-state index is 0.130. The molecule has 1 aliphatic carbocycles. The average molecular weight is 697 g/mol. The van der Waals surface area contributed by atoms with Gasteiger partial charge in [-0.05, 0) is 52.6 Å². The average Bonchev–Trinajstić information content (AvgIpc) is 3.84. The number of nitrogens with zero attached hydrogens (tertiary/aromatic N) is 4. The van der Waals surface area contributed by atoms with Gasteiger partial charge < -0.3 is 4.57 Å². The third kappa shape index (κ3) is 4.44. The van der Waals surface area contributed by atoms with Gasteiger partial charge >= 0.3 is 0 Å². The first-order valence-electron chi connectivity index (χ1n) is 18.0. The lowest BCUT2D eigenvalue weighted by Crippen LogP contribution is -2.15. The van der Waals surface area contributed by atoms with E-state index in [0.29, 0.717) is 17.5 Å². The third-order valence-corrected chi connectivity index (χ3v) is 12.3. The van der Waals surface area contributed by atoms with Crippen molar-refractivity contribution >= 4 is 53.3 Å². The van der Waals surface area contributed by atoms with Gasteiger partial charge in [-0.25, -0.2) is 15.0 Å². The highest BCUT2D eigenvalue weighted by Gasteiger charge is 2.35. The zero-order chi connectivity index (χ0) is 35.3. The number of thiophene rings is 1. The van der Waals surface area contributed by atoms with Crippen LogP contribution in [0.3, 0.4) is 0 Å². The van der Waals surface area contributed by atoms with E-state index in [1.807, 2.05) is 29.5 Å². The molecule has 0 saturated carbocycles. The van der Waals surface area contributed by atoms with E-state index >= 15 is 0 Å². The molecule has 7 aromatic carbocycles. The zero-order valence-electron chi connectivity index (χ0n) is 29.2. The van der Waals surface area contributed by atoms with E-state index in [-0.39, 0.29) is 5.41 Å². The fourth-order valence-electron chi connectivity index (χ4n) is 8.56. The lowest BCUT2D eigenvalue weighted by Gasteiger charge is -2.21. The van der Waals surface area contributed by atoms with E-state index in [1.54, 1.807) is 0 Å². The molecule has 5 heteroatoms. The molecule has 0 aliphatic heterocycles. The van der Waals surface area contributed by atoms with Crippen LogP contribution in [0.25, 0.3) is 93.0 Å². The maximum atomic E-state index is 5.29. The maximum Gasteiger partial charge on any atom is 0.164 e. The van der Waals surface area contributed by atoms with E-state index in [2.05, 4.69) is 158 Å². The molecule has 10 aromatic rings. The summed E-state index contributed by atoms with van der Waals surface area (Å²) in [5.41, 5.74) is 11.6. The Kier molecular flexibility index (Phi) is 6.43. The van der Waals surface area contributed by atoms with Crippen LogP contribution in [0.5, 0.6) is 0 Å².